The number of ether oxygens (including phenoxy) is 2. The molecule has 132 valence electrons. The highest BCUT2D eigenvalue weighted by molar-refractivity contribution is 5.79. The minimum atomic E-state index is -0.00255. The van der Waals surface area contributed by atoms with Gasteiger partial charge in [0.2, 0.25) is 11.8 Å². The average Bonchev–Trinajstić information content (AvgIpc) is 2.61. The molecule has 6 nitrogen and oxygen atoms in total. The summed E-state index contributed by atoms with van der Waals surface area (Å²) >= 11 is 0. The zero-order valence-corrected chi connectivity index (χ0v) is 14.4. The number of hydrogen-bond acceptors (Lipinski definition) is 4. The standard InChI is InChI=1S/C18H26N2O4/c1-14(21)20-9-7-16(8-10-20)18(22)19-13-15-3-5-17(6-4-15)24-12-11-23-2/h3-6,16H,7-13H2,1-2H3,(H,19,22). The van der Waals surface area contributed by atoms with Crippen LogP contribution in [0.2, 0.25) is 0 Å². The molecule has 1 aliphatic heterocycles. The Labute approximate surface area is 143 Å². The van der Waals surface area contributed by atoms with E-state index in [2.05, 4.69) is 5.32 Å². The molecule has 6 heteroatoms. The maximum absolute atomic E-state index is 12.2. The van der Waals surface area contributed by atoms with Crippen LogP contribution in [0, 0.1) is 5.92 Å². The van der Waals surface area contributed by atoms with E-state index in [0.29, 0.717) is 32.8 Å². The van der Waals surface area contributed by atoms with Crippen molar-refractivity contribution >= 4 is 11.8 Å². The summed E-state index contributed by atoms with van der Waals surface area (Å²) in [5, 5.41) is 2.98. The first-order valence-electron chi connectivity index (χ1n) is 8.34. The Morgan fingerprint density at radius 2 is 1.83 bits per heavy atom. The van der Waals surface area contributed by atoms with Gasteiger partial charge in [-0.05, 0) is 30.5 Å². The highest BCUT2D eigenvalue weighted by Crippen LogP contribution is 2.18. The lowest BCUT2D eigenvalue weighted by atomic mass is 9.96. The second kappa shape index (κ2) is 9.27. The van der Waals surface area contributed by atoms with E-state index in [1.54, 1.807) is 18.9 Å². The number of carbonyl (C=O) groups is 2. The predicted molar refractivity (Wildman–Crippen MR) is 90.6 cm³/mol. The molecule has 1 fully saturated rings. The molecule has 1 saturated heterocycles. The number of rotatable bonds is 7. The molecule has 0 spiro atoms. The van der Waals surface area contributed by atoms with E-state index in [0.717, 1.165) is 24.2 Å². The molecular formula is C18H26N2O4. The first-order valence-corrected chi connectivity index (χ1v) is 8.34. The maximum Gasteiger partial charge on any atom is 0.223 e. The van der Waals surface area contributed by atoms with E-state index < -0.39 is 0 Å². The monoisotopic (exact) mass is 334 g/mol. The Morgan fingerprint density at radius 3 is 2.42 bits per heavy atom. The van der Waals surface area contributed by atoms with E-state index in [4.69, 9.17) is 9.47 Å². The molecule has 1 aromatic rings. The summed E-state index contributed by atoms with van der Waals surface area (Å²) in [4.78, 5) is 25.3. The van der Waals surface area contributed by atoms with E-state index in [9.17, 15) is 9.59 Å². The number of carbonyl (C=O) groups excluding carboxylic acids is 2. The van der Waals surface area contributed by atoms with Gasteiger partial charge in [-0.25, -0.2) is 0 Å². The Balaban J connectivity index is 1.73. The molecule has 0 saturated carbocycles. The topological polar surface area (TPSA) is 67.9 Å². The maximum atomic E-state index is 12.2. The summed E-state index contributed by atoms with van der Waals surface area (Å²) in [5.74, 6) is 0.941. The zero-order valence-electron chi connectivity index (χ0n) is 14.4. The van der Waals surface area contributed by atoms with Crippen molar-refractivity contribution in [2.24, 2.45) is 5.92 Å². The molecular weight excluding hydrogens is 308 g/mol. The number of nitrogens with zero attached hydrogens (tertiary/aromatic N) is 1. The third kappa shape index (κ3) is 5.53. The average molecular weight is 334 g/mol. The molecule has 24 heavy (non-hydrogen) atoms. The summed E-state index contributed by atoms with van der Waals surface area (Å²) < 4.78 is 10.4. The van der Waals surface area contributed by atoms with Gasteiger partial charge in [0.05, 0.1) is 6.61 Å². The Bertz CT molecular complexity index is 536. The van der Waals surface area contributed by atoms with Crippen molar-refractivity contribution in [3.8, 4) is 5.75 Å². The first-order chi connectivity index (χ1) is 11.6. The molecule has 2 amide bonds. The Kier molecular flexibility index (Phi) is 7.06. The minimum absolute atomic E-state index is 0.00255. The number of amides is 2. The highest BCUT2D eigenvalue weighted by atomic mass is 16.5. The molecule has 0 aliphatic carbocycles. The van der Waals surface area contributed by atoms with Gasteiger partial charge in [-0.1, -0.05) is 12.1 Å². The molecule has 0 aromatic heterocycles. The van der Waals surface area contributed by atoms with E-state index >= 15 is 0 Å². The van der Waals surface area contributed by atoms with Gasteiger partial charge in [-0.3, -0.25) is 9.59 Å². The fraction of sp³-hybridized carbons (Fsp3) is 0.556. The minimum Gasteiger partial charge on any atom is -0.491 e. The molecule has 0 atom stereocenters. The van der Waals surface area contributed by atoms with E-state index in [1.165, 1.54) is 0 Å². The number of methoxy groups -OCH3 is 1. The summed E-state index contributed by atoms with van der Waals surface area (Å²) in [6.07, 6.45) is 1.47. The second-order valence-electron chi connectivity index (χ2n) is 5.98. The van der Waals surface area contributed by atoms with Crippen molar-refractivity contribution in [2.75, 3.05) is 33.4 Å². The number of benzene rings is 1. The molecule has 1 aromatic carbocycles. The van der Waals surface area contributed by atoms with Crippen LogP contribution in [-0.4, -0.2) is 50.1 Å². The summed E-state index contributed by atoms with van der Waals surface area (Å²) in [6, 6.07) is 7.67. The predicted octanol–water partition coefficient (Wildman–Crippen LogP) is 1.59. The van der Waals surface area contributed by atoms with Crippen molar-refractivity contribution < 1.29 is 19.1 Å². The van der Waals surface area contributed by atoms with Crippen LogP contribution in [0.4, 0.5) is 0 Å². The molecule has 1 heterocycles. The third-order valence-electron chi connectivity index (χ3n) is 4.26. The van der Waals surface area contributed by atoms with Gasteiger partial charge in [0.1, 0.15) is 12.4 Å². The SMILES string of the molecule is COCCOc1ccc(CNC(=O)C2CCN(C(C)=O)CC2)cc1. The van der Waals surface area contributed by atoms with Crippen LogP contribution < -0.4 is 10.1 Å². The molecule has 1 aliphatic rings. The van der Waals surface area contributed by atoms with Crippen molar-refractivity contribution in [1.29, 1.82) is 0 Å². The van der Waals surface area contributed by atoms with Crippen molar-refractivity contribution in [3.05, 3.63) is 29.8 Å². The zero-order chi connectivity index (χ0) is 17.4. The van der Waals surface area contributed by atoms with Crippen molar-refractivity contribution in [2.45, 2.75) is 26.3 Å². The van der Waals surface area contributed by atoms with Crippen LogP contribution >= 0.6 is 0 Å². The molecule has 0 unspecified atom stereocenters. The number of piperidine rings is 1. The van der Waals surface area contributed by atoms with Crippen LogP contribution in [0.5, 0.6) is 5.75 Å². The molecule has 2 rings (SSSR count). The number of nitrogens with one attached hydrogen (secondary N) is 1. The van der Waals surface area contributed by atoms with Crippen LogP contribution in [-0.2, 0) is 20.9 Å². The van der Waals surface area contributed by atoms with Gasteiger partial charge in [0, 0.05) is 39.6 Å². The second-order valence-corrected chi connectivity index (χ2v) is 5.98. The molecule has 0 radical (unpaired) electrons. The fourth-order valence-corrected chi connectivity index (χ4v) is 2.74. The number of hydrogen-bond donors (Lipinski definition) is 1. The van der Waals surface area contributed by atoms with Gasteiger partial charge >= 0.3 is 0 Å². The normalized spacial score (nSPS) is 15.2. The van der Waals surface area contributed by atoms with Crippen LogP contribution in [0.25, 0.3) is 0 Å². The molecule has 0 bridgehead atoms. The van der Waals surface area contributed by atoms with Crippen LogP contribution in [0.15, 0.2) is 24.3 Å². The Hall–Kier alpha value is -2.08. The smallest absolute Gasteiger partial charge is 0.223 e. The van der Waals surface area contributed by atoms with Crippen molar-refractivity contribution in [1.82, 2.24) is 10.2 Å². The van der Waals surface area contributed by atoms with E-state index in [1.807, 2.05) is 24.3 Å². The highest BCUT2D eigenvalue weighted by Gasteiger charge is 2.25. The quantitative estimate of drug-likeness (QED) is 0.769. The van der Waals surface area contributed by atoms with Crippen LogP contribution in [0.3, 0.4) is 0 Å². The first kappa shape index (κ1) is 18.3. The molecule has 1 N–H and O–H groups in total. The van der Waals surface area contributed by atoms with Gasteiger partial charge in [0.25, 0.3) is 0 Å². The summed E-state index contributed by atoms with van der Waals surface area (Å²) in [7, 11) is 1.64. The van der Waals surface area contributed by atoms with Gasteiger partial charge < -0.3 is 19.7 Å². The van der Waals surface area contributed by atoms with Gasteiger partial charge in [0.15, 0.2) is 0 Å². The van der Waals surface area contributed by atoms with Crippen LogP contribution in [0.1, 0.15) is 25.3 Å². The summed E-state index contributed by atoms with van der Waals surface area (Å²) in [5.41, 5.74) is 1.03. The van der Waals surface area contributed by atoms with E-state index in [-0.39, 0.29) is 17.7 Å². The van der Waals surface area contributed by atoms with Gasteiger partial charge in [-0.15, -0.1) is 0 Å². The lowest BCUT2D eigenvalue weighted by Gasteiger charge is -2.30. The van der Waals surface area contributed by atoms with Gasteiger partial charge in [-0.2, -0.15) is 0 Å². The van der Waals surface area contributed by atoms with Crippen molar-refractivity contribution in [3.63, 3.8) is 0 Å². The fourth-order valence-electron chi connectivity index (χ4n) is 2.74. The lowest BCUT2D eigenvalue weighted by Crippen LogP contribution is -2.42. The lowest BCUT2D eigenvalue weighted by molar-refractivity contribution is -0.134. The summed E-state index contributed by atoms with van der Waals surface area (Å²) in [6.45, 7) is 4.49. The third-order valence-corrected chi connectivity index (χ3v) is 4.26. The largest absolute Gasteiger partial charge is 0.491 e. The number of likely N-dealkylation sites (tertiary alicyclic amines) is 1. The Morgan fingerprint density at radius 1 is 1.17 bits per heavy atom.